The zero-order valence-electron chi connectivity index (χ0n) is 18.3. The van der Waals surface area contributed by atoms with Gasteiger partial charge in [-0.15, -0.1) is 11.3 Å². The average Bonchev–Trinajstić information content (AvgIpc) is 3.53. The van der Waals surface area contributed by atoms with Crippen LogP contribution in [0.15, 0.2) is 78.2 Å². The first kappa shape index (κ1) is 23.9. The molecule has 0 saturated carbocycles. The average molecular weight is 496 g/mol. The van der Waals surface area contributed by atoms with Crippen molar-refractivity contribution in [2.75, 3.05) is 19.7 Å². The van der Waals surface area contributed by atoms with Crippen LogP contribution in [0.5, 0.6) is 0 Å². The van der Waals surface area contributed by atoms with E-state index in [2.05, 4.69) is 10.6 Å². The molecular formula is C25H25N3O4S2. The highest BCUT2D eigenvalue weighted by Gasteiger charge is 2.50. The molecule has 3 N–H and O–H groups in total. The Labute approximate surface area is 207 Å². The van der Waals surface area contributed by atoms with Gasteiger partial charge in [0.25, 0.3) is 5.91 Å². The summed E-state index contributed by atoms with van der Waals surface area (Å²) in [6, 6.07) is 22.1. The molecule has 2 aromatic carbocycles. The van der Waals surface area contributed by atoms with Gasteiger partial charge >= 0.3 is 6.09 Å². The van der Waals surface area contributed by atoms with Gasteiger partial charge in [-0.05, 0) is 41.4 Å². The van der Waals surface area contributed by atoms with Gasteiger partial charge in [-0.1, -0.05) is 54.6 Å². The van der Waals surface area contributed by atoms with Crippen LogP contribution in [0.2, 0.25) is 0 Å². The van der Waals surface area contributed by atoms with Gasteiger partial charge in [-0.2, -0.15) is 0 Å². The molecule has 176 valence electrons. The van der Waals surface area contributed by atoms with Crippen LogP contribution in [0.25, 0.3) is 0 Å². The number of ether oxygens (including phenoxy) is 1. The lowest BCUT2D eigenvalue weighted by atomic mass is 9.86. The number of aliphatic hydroxyl groups excluding tert-OH is 1. The minimum absolute atomic E-state index is 0.125. The Hall–Kier alpha value is -3.27. The standard InChI is InChI=1S/C25H25N3O4S2/c29-15-20-14-28(24(31)32-16-18-8-3-1-4-9-18)17-25(20,21-12-7-13-34-21)27-23(33)26-22(30)19-10-5-2-6-11-19/h1-13,20,29H,14-17H2,(H2,26,27,30,33). The molecule has 34 heavy (non-hydrogen) atoms. The van der Waals surface area contributed by atoms with Gasteiger partial charge in [0.1, 0.15) is 6.61 Å². The summed E-state index contributed by atoms with van der Waals surface area (Å²) in [5.74, 6) is -0.695. The van der Waals surface area contributed by atoms with E-state index in [9.17, 15) is 14.7 Å². The SMILES string of the molecule is O=C(NC(=S)NC1(c2cccs2)CN(C(=O)OCc2ccccc2)CC1CO)c1ccccc1. The van der Waals surface area contributed by atoms with E-state index in [-0.39, 0.29) is 43.2 Å². The Morgan fingerprint density at radius 1 is 1.09 bits per heavy atom. The Kier molecular flexibility index (Phi) is 7.56. The first-order chi connectivity index (χ1) is 16.5. The number of aliphatic hydroxyl groups is 1. The lowest BCUT2D eigenvalue weighted by Crippen LogP contribution is -2.56. The van der Waals surface area contributed by atoms with E-state index < -0.39 is 11.6 Å². The minimum Gasteiger partial charge on any atom is -0.445 e. The molecule has 7 nitrogen and oxygen atoms in total. The second-order valence-corrected chi connectivity index (χ2v) is 9.38. The zero-order chi connectivity index (χ0) is 24.0. The number of hydrogen-bond donors (Lipinski definition) is 3. The zero-order valence-corrected chi connectivity index (χ0v) is 20.0. The Bertz CT molecular complexity index is 1130. The molecule has 2 unspecified atom stereocenters. The predicted octanol–water partition coefficient (Wildman–Crippen LogP) is 3.51. The summed E-state index contributed by atoms with van der Waals surface area (Å²) >= 11 is 6.97. The van der Waals surface area contributed by atoms with Crippen molar-refractivity contribution < 1.29 is 19.4 Å². The molecule has 9 heteroatoms. The number of rotatable bonds is 6. The number of carbonyl (C=O) groups is 2. The van der Waals surface area contributed by atoms with Gasteiger partial charge in [-0.25, -0.2) is 4.79 Å². The number of nitrogens with one attached hydrogen (secondary N) is 2. The number of likely N-dealkylation sites (tertiary alicyclic amines) is 1. The van der Waals surface area contributed by atoms with Gasteiger partial charge in [0.05, 0.1) is 18.7 Å². The van der Waals surface area contributed by atoms with E-state index in [0.717, 1.165) is 10.4 Å². The first-order valence-corrected chi connectivity index (χ1v) is 12.1. The van der Waals surface area contributed by atoms with E-state index in [4.69, 9.17) is 17.0 Å². The molecule has 1 aliphatic heterocycles. The second-order valence-electron chi connectivity index (χ2n) is 8.02. The third-order valence-corrected chi connectivity index (χ3v) is 7.07. The summed E-state index contributed by atoms with van der Waals surface area (Å²) < 4.78 is 5.52. The van der Waals surface area contributed by atoms with Crippen molar-refractivity contribution in [3.05, 3.63) is 94.2 Å². The van der Waals surface area contributed by atoms with Gasteiger partial charge in [0.15, 0.2) is 5.11 Å². The molecule has 1 aromatic heterocycles. The minimum atomic E-state index is -0.865. The summed E-state index contributed by atoms with van der Waals surface area (Å²) in [6.45, 7) is 0.492. The lowest BCUT2D eigenvalue weighted by molar-refractivity contribution is 0.0971. The lowest BCUT2D eigenvalue weighted by Gasteiger charge is -2.35. The fraction of sp³-hybridized carbons (Fsp3) is 0.240. The number of benzene rings is 2. The molecule has 2 amide bonds. The molecular weight excluding hydrogens is 470 g/mol. The third kappa shape index (κ3) is 5.27. The number of amides is 2. The topological polar surface area (TPSA) is 90.9 Å². The molecule has 0 spiro atoms. The Morgan fingerprint density at radius 2 is 1.79 bits per heavy atom. The van der Waals surface area contributed by atoms with Gasteiger partial charge in [0, 0.05) is 22.9 Å². The number of hydrogen-bond acceptors (Lipinski definition) is 6. The van der Waals surface area contributed by atoms with E-state index in [1.807, 2.05) is 53.9 Å². The molecule has 2 atom stereocenters. The molecule has 1 saturated heterocycles. The van der Waals surface area contributed by atoms with E-state index >= 15 is 0 Å². The smallest absolute Gasteiger partial charge is 0.410 e. The number of carbonyl (C=O) groups excluding carboxylic acids is 2. The van der Waals surface area contributed by atoms with Crippen LogP contribution in [-0.4, -0.2) is 46.8 Å². The Balaban J connectivity index is 1.50. The normalized spacial score (nSPS) is 19.4. The quantitative estimate of drug-likeness (QED) is 0.454. The maximum atomic E-state index is 12.9. The third-order valence-electron chi connectivity index (χ3n) is 5.82. The molecule has 4 rings (SSSR count). The van der Waals surface area contributed by atoms with Gasteiger partial charge < -0.3 is 20.1 Å². The molecule has 0 bridgehead atoms. The van der Waals surface area contributed by atoms with Crippen molar-refractivity contribution in [3.8, 4) is 0 Å². The molecule has 2 heterocycles. The Morgan fingerprint density at radius 3 is 2.44 bits per heavy atom. The molecule has 1 fully saturated rings. The van der Waals surface area contributed by atoms with Crippen molar-refractivity contribution >= 4 is 40.7 Å². The highest BCUT2D eigenvalue weighted by Crippen LogP contribution is 2.39. The molecule has 3 aromatic rings. The summed E-state index contributed by atoms with van der Waals surface area (Å²) in [5.41, 5.74) is 0.504. The van der Waals surface area contributed by atoms with Crippen LogP contribution in [0.3, 0.4) is 0 Å². The van der Waals surface area contributed by atoms with Crippen LogP contribution < -0.4 is 10.6 Å². The van der Waals surface area contributed by atoms with Crippen LogP contribution >= 0.6 is 23.6 Å². The molecule has 1 aliphatic rings. The van der Waals surface area contributed by atoms with E-state index in [1.165, 1.54) is 11.3 Å². The van der Waals surface area contributed by atoms with Gasteiger partial charge in [-0.3, -0.25) is 10.1 Å². The van der Waals surface area contributed by atoms with Crippen molar-refractivity contribution in [2.24, 2.45) is 5.92 Å². The fourth-order valence-electron chi connectivity index (χ4n) is 4.09. The second kappa shape index (κ2) is 10.8. The largest absolute Gasteiger partial charge is 0.445 e. The molecule has 0 aliphatic carbocycles. The summed E-state index contributed by atoms with van der Waals surface area (Å²) in [5, 5.41) is 18.3. The van der Waals surface area contributed by atoms with Crippen LogP contribution in [0.1, 0.15) is 20.8 Å². The number of thiophene rings is 1. The van der Waals surface area contributed by atoms with Crippen LogP contribution in [0, 0.1) is 5.92 Å². The highest BCUT2D eigenvalue weighted by molar-refractivity contribution is 7.80. The predicted molar refractivity (Wildman–Crippen MR) is 134 cm³/mol. The monoisotopic (exact) mass is 495 g/mol. The highest BCUT2D eigenvalue weighted by atomic mass is 32.1. The molecule has 0 radical (unpaired) electrons. The van der Waals surface area contributed by atoms with Crippen molar-refractivity contribution in [1.29, 1.82) is 0 Å². The first-order valence-electron chi connectivity index (χ1n) is 10.8. The maximum Gasteiger partial charge on any atom is 0.410 e. The van der Waals surface area contributed by atoms with Crippen LogP contribution in [-0.2, 0) is 16.9 Å². The van der Waals surface area contributed by atoms with Crippen molar-refractivity contribution in [2.45, 2.75) is 12.1 Å². The van der Waals surface area contributed by atoms with Crippen LogP contribution in [0.4, 0.5) is 4.79 Å². The van der Waals surface area contributed by atoms with Crippen molar-refractivity contribution in [3.63, 3.8) is 0 Å². The summed E-state index contributed by atoms with van der Waals surface area (Å²) in [6.07, 6.45) is -0.471. The number of thiocarbonyl (C=S) groups is 1. The van der Waals surface area contributed by atoms with Crippen molar-refractivity contribution in [1.82, 2.24) is 15.5 Å². The maximum absolute atomic E-state index is 12.9. The van der Waals surface area contributed by atoms with E-state index in [1.54, 1.807) is 29.2 Å². The number of nitrogens with zero attached hydrogens (tertiary/aromatic N) is 1. The van der Waals surface area contributed by atoms with E-state index in [0.29, 0.717) is 5.56 Å². The summed E-state index contributed by atoms with van der Waals surface area (Å²) in [7, 11) is 0. The fourth-order valence-corrected chi connectivity index (χ4v) is 5.32. The van der Waals surface area contributed by atoms with Gasteiger partial charge in [0.2, 0.25) is 0 Å². The summed E-state index contributed by atoms with van der Waals surface area (Å²) in [4.78, 5) is 27.9.